The van der Waals surface area contributed by atoms with Crippen molar-refractivity contribution in [2.45, 2.75) is 110 Å². The molecule has 2 aromatic rings. The fraction of sp³-hybridized carbons (Fsp3) is 0.613. The van der Waals surface area contributed by atoms with Crippen LogP contribution < -0.4 is 0 Å². The van der Waals surface area contributed by atoms with Crippen LogP contribution in [0.2, 0.25) is 0 Å². The third-order valence-electron chi connectivity index (χ3n) is 8.69. The topological polar surface area (TPSA) is 0 Å². The van der Waals surface area contributed by atoms with E-state index in [-0.39, 0.29) is 0 Å². The maximum atomic E-state index is 2.51. The normalized spacial score (nSPS) is 29.1. The lowest BCUT2D eigenvalue weighted by atomic mass is 9.68. The zero-order valence-corrected chi connectivity index (χ0v) is 20.3. The van der Waals surface area contributed by atoms with Crippen LogP contribution in [0.15, 0.2) is 48.5 Å². The molecule has 0 bridgehead atoms. The Morgan fingerprint density at radius 2 is 1.13 bits per heavy atom. The van der Waals surface area contributed by atoms with Crippen LogP contribution >= 0.6 is 0 Å². The SMILES string of the molecule is CCCC1CCC(c2ccc(-c3ccc(C4CCC(C)(CCC)CC4)cc3)cc2)CC1. The Morgan fingerprint density at radius 1 is 0.645 bits per heavy atom. The molecule has 0 spiro atoms. The van der Waals surface area contributed by atoms with Crippen LogP contribution in [0.5, 0.6) is 0 Å². The fourth-order valence-corrected chi connectivity index (χ4v) is 6.59. The maximum Gasteiger partial charge on any atom is -0.0162 e. The summed E-state index contributed by atoms with van der Waals surface area (Å²) in [5, 5.41) is 0. The first-order valence-corrected chi connectivity index (χ1v) is 13.3. The highest BCUT2D eigenvalue weighted by Gasteiger charge is 2.30. The Balaban J connectivity index is 1.34. The Hall–Kier alpha value is -1.56. The highest BCUT2D eigenvalue weighted by molar-refractivity contribution is 5.64. The lowest BCUT2D eigenvalue weighted by Crippen LogP contribution is -2.23. The number of benzene rings is 2. The van der Waals surface area contributed by atoms with Gasteiger partial charge in [-0.2, -0.15) is 0 Å². The zero-order valence-electron chi connectivity index (χ0n) is 20.3. The number of hydrogen-bond donors (Lipinski definition) is 0. The lowest BCUT2D eigenvalue weighted by Gasteiger charge is -2.37. The monoisotopic (exact) mass is 416 g/mol. The van der Waals surface area contributed by atoms with Crippen molar-refractivity contribution < 1.29 is 0 Å². The van der Waals surface area contributed by atoms with E-state index in [0.717, 1.165) is 17.8 Å². The minimum Gasteiger partial charge on any atom is -0.0654 e. The Kier molecular flexibility index (Phi) is 7.57. The van der Waals surface area contributed by atoms with Crippen LogP contribution in [-0.4, -0.2) is 0 Å². The molecule has 0 atom stereocenters. The van der Waals surface area contributed by atoms with Gasteiger partial charge in [0.25, 0.3) is 0 Å². The molecule has 31 heavy (non-hydrogen) atoms. The molecule has 0 heterocycles. The molecule has 0 amide bonds. The summed E-state index contributed by atoms with van der Waals surface area (Å²) < 4.78 is 0. The minimum absolute atomic E-state index is 0.599. The van der Waals surface area contributed by atoms with Gasteiger partial charge in [0.2, 0.25) is 0 Å². The van der Waals surface area contributed by atoms with E-state index in [1.54, 1.807) is 11.1 Å². The van der Waals surface area contributed by atoms with Gasteiger partial charge in [-0.25, -0.2) is 0 Å². The van der Waals surface area contributed by atoms with Gasteiger partial charge >= 0.3 is 0 Å². The molecule has 0 aliphatic heterocycles. The number of rotatable bonds is 7. The third kappa shape index (κ3) is 5.63. The predicted molar refractivity (Wildman–Crippen MR) is 136 cm³/mol. The molecule has 2 saturated carbocycles. The van der Waals surface area contributed by atoms with E-state index in [4.69, 9.17) is 0 Å². The van der Waals surface area contributed by atoms with Crippen LogP contribution in [0.4, 0.5) is 0 Å². The van der Waals surface area contributed by atoms with Crippen molar-refractivity contribution in [3.05, 3.63) is 59.7 Å². The van der Waals surface area contributed by atoms with E-state index >= 15 is 0 Å². The molecule has 168 valence electrons. The second kappa shape index (κ2) is 10.4. The van der Waals surface area contributed by atoms with Gasteiger partial charge in [-0.05, 0) is 103 Å². The fourth-order valence-electron chi connectivity index (χ4n) is 6.59. The average molecular weight is 417 g/mol. The van der Waals surface area contributed by atoms with Crippen molar-refractivity contribution >= 4 is 0 Å². The summed E-state index contributed by atoms with van der Waals surface area (Å²) in [7, 11) is 0. The quantitative estimate of drug-likeness (QED) is 0.421. The summed E-state index contributed by atoms with van der Waals surface area (Å²) in [6.45, 7) is 7.17. The molecule has 2 aliphatic carbocycles. The summed E-state index contributed by atoms with van der Waals surface area (Å²) in [6.07, 6.45) is 16.7. The van der Waals surface area contributed by atoms with Gasteiger partial charge in [0.15, 0.2) is 0 Å². The van der Waals surface area contributed by atoms with Gasteiger partial charge in [-0.1, -0.05) is 88.6 Å². The lowest BCUT2D eigenvalue weighted by molar-refractivity contribution is 0.182. The summed E-state index contributed by atoms with van der Waals surface area (Å²) in [4.78, 5) is 0. The van der Waals surface area contributed by atoms with Crippen molar-refractivity contribution in [3.63, 3.8) is 0 Å². The van der Waals surface area contributed by atoms with Crippen molar-refractivity contribution in [1.29, 1.82) is 0 Å². The summed E-state index contributed by atoms with van der Waals surface area (Å²) in [5.74, 6) is 2.54. The first kappa shape index (κ1) is 22.6. The van der Waals surface area contributed by atoms with Gasteiger partial charge in [0, 0.05) is 0 Å². The molecule has 0 N–H and O–H groups in total. The van der Waals surface area contributed by atoms with E-state index in [1.807, 2.05) is 0 Å². The van der Waals surface area contributed by atoms with Crippen LogP contribution in [0.1, 0.15) is 121 Å². The molecule has 2 fully saturated rings. The van der Waals surface area contributed by atoms with Crippen LogP contribution in [-0.2, 0) is 0 Å². The molecule has 0 unspecified atom stereocenters. The van der Waals surface area contributed by atoms with Crippen molar-refractivity contribution in [3.8, 4) is 11.1 Å². The second-order valence-electron chi connectivity index (χ2n) is 11.1. The highest BCUT2D eigenvalue weighted by Crippen LogP contribution is 2.45. The van der Waals surface area contributed by atoms with Crippen LogP contribution in [0.3, 0.4) is 0 Å². The second-order valence-corrected chi connectivity index (χ2v) is 11.1. The first-order valence-electron chi connectivity index (χ1n) is 13.3. The smallest absolute Gasteiger partial charge is 0.0162 e. The standard InChI is InChI=1S/C31H44/c1-4-6-24-7-9-25(10-8-24)26-11-13-27(14-12-26)28-15-17-29(18-16-28)30-19-22-31(3,21-5-2)23-20-30/h11-18,24-25,30H,4-10,19-23H2,1-3H3. The van der Waals surface area contributed by atoms with Gasteiger partial charge in [-0.3, -0.25) is 0 Å². The summed E-state index contributed by atoms with van der Waals surface area (Å²) >= 11 is 0. The van der Waals surface area contributed by atoms with Gasteiger partial charge < -0.3 is 0 Å². The van der Waals surface area contributed by atoms with Crippen LogP contribution in [0.25, 0.3) is 11.1 Å². The predicted octanol–water partition coefficient (Wildman–Crippen LogP) is 9.89. The maximum absolute atomic E-state index is 2.51. The first-order chi connectivity index (χ1) is 15.1. The zero-order chi connectivity index (χ0) is 21.7. The molecular weight excluding hydrogens is 372 g/mol. The average Bonchev–Trinajstić information content (AvgIpc) is 2.81. The molecule has 2 aromatic carbocycles. The van der Waals surface area contributed by atoms with Gasteiger partial charge in [0.05, 0.1) is 0 Å². The Bertz CT molecular complexity index is 781. The van der Waals surface area contributed by atoms with Crippen molar-refractivity contribution in [2.75, 3.05) is 0 Å². The molecular formula is C31H44. The summed E-state index contributed by atoms with van der Waals surface area (Å²) in [6, 6.07) is 19.1. The van der Waals surface area contributed by atoms with E-state index in [2.05, 4.69) is 69.3 Å². The molecule has 2 aliphatic rings. The van der Waals surface area contributed by atoms with Gasteiger partial charge in [0.1, 0.15) is 0 Å². The van der Waals surface area contributed by atoms with E-state index in [9.17, 15) is 0 Å². The molecule has 0 heteroatoms. The van der Waals surface area contributed by atoms with Gasteiger partial charge in [-0.15, -0.1) is 0 Å². The largest absolute Gasteiger partial charge is 0.0654 e. The van der Waals surface area contributed by atoms with E-state index < -0.39 is 0 Å². The molecule has 0 saturated heterocycles. The molecule has 0 nitrogen and oxygen atoms in total. The van der Waals surface area contributed by atoms with E-state index in [1.165, 1.54) is 88.2 Å². The molecule has 0 aromatic heterocycles. The highest BCUT2D eigenvalue weighted by atomic mass is 14.4. The molecule has 0 radical (unpaired) electrons. The summed E-state index contributed by atoms with van der Waals surface area (Å²) in [5.41, 5.74) is 6.46. The van der Waals surface area contributed by atoms with Crippen molar-refractivity contribution in [1.82, 2.24) is 0 Å². The minimum atomic E-state index is 0.599. The Morgan fingerprint density at radius 3 is 1.58 bits per heavy atom. The third-order valence-corrected chi connectivity index (χ3v) is 8.69. The van der Waals surface area contributed by atoms with Crippen LogP contribution in [0, 0.1) is 11.3 Å². The van der Waals surface area contributed by atoms with Crippen molar-refractivity contribution in [2.24, 2.45) is 11.3 Å². The van der Waals surface area contributed by atoms with E-state index in [0.29, 0.717) is 5.41 Å². The molecule has 4 rings (SSSR count). The number of hydrogen-bond acceptors (Lipinski definition) is 0. The Labute approximate surface area is 191 Å².